The molecule has 0 N–H and O–H groups in total. The van der Waals surface area contributed by atoms with Crippen LogP contribution in [0.4, 0.5) is 5.69 Å². The normalized spacial score (nSPS) is 19.7. The standard InChI is InChI=1S/C21H21N4O2/c1-2-27-24(25-12-11-22-14-20(25)15-23-17-25)19-9-6-10-21(13-19)26-16-18-7-4-3-5-8-18/h3-15,17H,2,16H2,1H3/q+1. The number of benzene rings is 2. The first-order valence-corrected chi connectivity index (χ1v) is 8.86. The van der Waals surface area contributed by atoms with E-state index in [-0.39, 0.29) is 4.59 Å². The summed E-state index contributed by atoms with van der Waals surface area (Å²) in [5.74, 6) is 0.774. The van der Waals surface area contributed by atoms with Gasteiger partial charge in [-0.2, -0.15) is 0 Å². The zero-order chi connectivity index (χ0) is 18.5. The SMILES string of the molecule is CCON(c1cccc(OCc2ccccc2)c1)[N+]12C=CN=CC1=CN=C2. The van der Waals surface area contributed by atoms with Crippen molar-refractivity contribution >= 4 is 18.2 Å². The van der Waals surface area contributed by atoms with E-state index in [1.165, 1.54) is 0 Å². The highest BCUT2D eigenvalue weighted by Crippen LogP contribution is 2.33. The quantitative estimate of drug-likeness (QED) is 0.549. The maximum Gasteiger partial charge on any atom is 0.227 e. The summed E-state index contributed by atoms with van der Waals surface area (Å²) in [6.07, 6.45) is 9.06. The largest absolute Gasteiger partial charge is 0.489 e. The monoisotopic (exact) mass is 361 g/mol. The number of quaternary nitrogens is 1. The van der Waals surface area contributed by atoms with Crippen molar-refractivity contribution in [2.24, 2.45) is 9.98 Å². The van der Waals surface area contributed by atoms with Gasteiger partial charge in [0.1, 0.15) is 18.0 Å². The second kappa shape index (κ2) is 7.57. The summed E-state index contributed by atoms with van der Waals surface area (Å²) in [7, 11) is 0. The molecule has 0 saturated carbocycles. The van der Waals surface area contributed by atoms with E-state index in [2.05, 4.69) is 9.98 Å². The summed E-state index contributed by atoms with van der Waals surface area (Å²) in [5.41, 5.74) is 2.89. The molecule has 2 aliphatic heterocycles. The third-order valence-electron chi connectivity index (χ3n) is 4.29. The van der Waals surface area contributed by atoms with Crippen LogP contribution in [0.15, 0.2) is 88.9 Å². The molecule has 6 heteroatoms. The van der Waals surface area contributed by atoms with E-state index >= 15 is 0 Å². The maximum absolute atomic E-state index is 5.99. The van der Waals surface area contributed by atoms with E-state index in [0.29, 0.717) is 13.2 Å². The summed E-state index contributed by atoms with van der Waals surface area (Å²) >= 11 is 0. The highest BCUT2D eigenvalue weighted by Gasteiger charge is 2.42. The summed E-state index contributed by atoms with van der Waals surface area (Å²) in [6.45, 7) is 2.98. The van der Waals surface area contributed by atoms with Crippen LogP contribution in [-0.2, 0) is 11.4 Å². The lowest BCUT2D eigenvalue weighted by Gasteiger charge is -2.37. The lowest BCUT2D eigenvalue weighted by atomic mass is 10.2. The van der Waals surface area contributed by atoms with Crippen molar-refractivity contribution in [2.75, 3.05) is 11.8 Å². The minimum atomic E-state index is 0.208. The summed E-state index contributed by atoms with van der Waals surface area (Å²) in [6, 6.07) is 18.0. The van der Waals surface area contributed by atoms with Gasteiger partial charge in [0, 0.05) is 6.07 Å². The number of hydrogen-bond acceptors (Lipinski definition) is 5. The Labute approximate surface area is 158 Å². The number of aliphatic imine (C=N–C) groups is 2. The molecule has 0 radical (unpaired) electrons. The third kappa shape index (κ3) is 3.40. The van der Waals surface area contributed by atoms with Gasteiger partial charge in [0.25, 0.3) is 0 Å². The number of ether oxygens (including phenoxy) is 1. The Hall–Kier alpha value is -3.22. The van der Waals surface area contributed by atoms with Crippen molar-refractivity contribution in [3.63, 3.8) is 0 Å². The summed E-state index contributed by atoms with van der Waals surface area (Å²) in [5, 5.41) is 1.80. The van der Waals surface area contributed by atoms with E-state index < -0.39 is 0 Å². The van der Waals surface area contributed by atoms with Crippen LogP contribution in [0.1, 0.15) is 12.5 Å². The fourth-order valence-corrected chi connectivity index (χ4v) is 3.01. The molecule has 0 aliphatic carbocycles. The van der Waals surface area contributed by atoms with Crippen molar-refractivity contribution in [1.29, 1.82) is 0 Å². The summed E-state index contributed by atoms with van der Waals surface area (Å²) in [4.78, 5) is 14.5. The molecule has 1 unspecified atom stereocenters. The molecule has 1 atom stereocenters. The van der Waals surface area contributed by atoms with Crippen molar-refractivity contribution < 1.29 is 14.2 Å². The van der Waals surface area contributed by atoms with Crippen LogP contribution in [0.5, 0.6) is 5.75 Å². The van der Waals surface area contributed by atoms with Gasteiger partial charge in [0.2, 0.25) is 12.0 Å². The van der Waals surface area contributed by atoms with Crippen molar-refractivity contribution in [2.45, 2.75) is 13.5 Å². The molecule has 0 aromatic heterocycles. The van der Waals surface area contributed by atoms with Crippen molar-refractivity contribution in [3.8, 4) is 5.75 Å². The number of hydrogen-bond donors (Lipinski definition) is 0. The number of allylic oxidation sites excluding steroid dienone is 1. The predicted molar refractivity (Wildman–Crippen MR) is 106 cm³/mol. The number of nitrogens with zero attached hydrogens (tertiary/aromatic N) is 4. The molecule has 6 nitrogen and oxygen atoms in total. The van der Waals surface area contributed by atoms with Gasteiger partial charge in [0.05, 0.1) is 25.2 Å². The van der Waals surface area contributed by atoms with Crippen LogP contribution in [0.3, 0.4) is 0 Å². The lowest BCUT2D eigenvalue weighted by Crippen LogP contribution is -2.55. The van der Waals surface area contributed by atoms with Crippen LogP contribution in [0, 0.1) is 0 Å². The molecule has 0 amide bonds. The predicted octanol–water partition coefficient (Wildman–Crippen LogP) is 4.19. The molecule has 0 bridgehead atoms. The second-order valence-electron chi connectivity index (χ2n) is 6.10. The molecule has 4 rings (SSSR count). The van der Waals surface area contributed by atoms with Gasteiger partial charge >= 0.3 is 0 Å². The zero-order valence-corrected chi connectivity index (χ0v) is 15.1. The van der Waals surface area contributed by atoms with Crippen LogP contribution < -0.4 is 9.91 Å². The molecule has 2 aromatic carbocycles. The van der Waals surface area contributed by atoms with Gasteiger partial charge in [0.15, 0.2) is 6.20 Å². The molecule has 136 valence electrons. The molecule has 2 aliphatic rings. The first-order chi connectivity index (χ1) is 13.3. The average molecular weight is 361 g/mol. The smallest absolute Gasteiger partial charge is 0.227 e. The maximum atomic E-state index is 5.99. The van der Waals surface area contributed by atoms with E-state index in [1.54, 1.807) is 23.8 Å². The third-order valence-corrected chi connectivity index (χ3v) is 4.29. The van der Waals surface area contributed by atoms with E-state index in [9.17, 15) is 0 Å². The minimum Gasteiger partial charge on any atom is -0.489 e. The van der Waals surface area contributed by atoms with Gasteiger partial charge in [-0.1, -0.05) is 46.2 Å². The molecule has 0 spiro atoms. The van der Waals surface area contributed by atoms with E-state index in [0.717, 1.165) is 22.7 Å². The topological polar surface area (TPSA) is 46.4 Å². The fourth-order valence-electron chi connectivity index (χ4n) is 3.01. The number of rotatable bonds is 7. The zero-order valence-electron chi connectivity index (χ0n) is 15.1. The van der Waals surface area contributed by atoms with Crippen LogP contribution in [0.25, 0.3) is 0 Å². The van der Waals surface area contributed by atoms with E-state index in [4.69, 9.17) is 9.57 Å². The molecule has 27 heavy (non-hydrogen) atoms. The number of anilines is 1. The van der Waals surface area contributed by atoms with Gasteiger partial charge < -0.3 is 4.74 Å². The molecular weight excluding hydrogens is 340 g/mol. The Morgan fingerprint density at radius 1 is 1.04 bits per heavy atom. The van der Waals surface area contributed by atoms with E-state index in [1.807, 2.05) is 74.1 Å². The second-order valence-corrected chi connectivity index (χ2v) is 6.10. The van der Waals surface area contributed by atoms with Gasteiger partial charge in [-0.15, -0.1) is 0 Å². The molecular formula is C21H21N4O2+. The molecule has 0 fully saturated rings. The van der Waals surface area contributed by atoms with Crippen LogP contribution in [0.2, 0.25) is 0 Å². The summed E-state index contributed by atoms with van der Waals surface area (Å²) < 4.78 is 6.18. The van der Waals surface area contributed by atoms with Gasteiger partial charge in [-0.05, 0) is 24.6 Å². The lowest BCUT2D eigenvalue weighted by molar-refractivity contribution is -0.773. The highest BCUT2D eigenvalue weighted by molar-refractivity contribution is 5.82. The van der Waals surface area contributed by atoms with Crippen molar-refractivity contribution in [1.82, 2.24) is 0 Å². The van der Waals surface area contributed by atoms with Crippen LogP contribution >= 0.6 is 0 Å². The number of fused-ring (bicyclic) bond motifs is 1. The molecule has 2 aromatic rings. The van der Waals surface area contributed by atoms with Crippen LogP contribution in [-0.4, -0.2) is 23.8 Å². The first-order valence-electron chi connectivity index (χ1n) is 8.86. The minimum absolute atomic E-state index is 0.208. The average Bonchev–Trinajstić information content (AvgIpc) is 3.16. The Morgan fingerprint density at radius 3 is 2.78 bits per heavy atom. The Kier molecular flexibility index (Phi) is 4.82. The molecule has 2 heterocycles. The Balaban J connectivity index is 1.60. The van der Waals surface area contributed by atoms with Crippen molar-refractivity contribution in [3.05, 3.63) is 84.5 Å². The highest BCUT2D eigenvalue weighted by atomic mass is 16.7. The first kappa shape index (κ1) is 17.2. The Bertz CT molecular complexity index is 921. The van der Waals surface area contributed by atoms with Gasteiger partial charge in [-0.25, -0.2) is 9.83 Å². The fraction of sp³-hybridized carbons (Fsp3) is 0.143. The Morgan fingerprint density at radius 2 is 1.93 bits per heavy atom. The van der Waals surface area contributed by atoms with Gasteiger partial charge in [-0.3, -0.25) is 4.99 Å². The molecule has 0 saturated heterocycles.